The van der Waals surface area contributed by atoms with Crippen LogP contribution in [0, 0.1) is 0 Å². The predicted octanol–water partition coefficient (Wildman–Crippen LogP) is 3.02. The molecule has 2 rings (SSSR count). The second kappa shape index (κ2) is 5.35. The summed E-state index contributed by atoms with van der Waals surface area (Å²) in [5.74, 6) is 0.225. The van der Waals surface area contributed by atoms with Crippen LogP contribution in [0.25, 0.3) is 0 Å². The van der Waals surface area contributed by atoms with Gasteiger partial charge < -0.3 is 5.32 Å². The summed E-state index contributed by atoms with van der Waals surface area (Å²) in [5, 5.41) is 3.09. The number of hydrogen-bond acceptors (Lipinski definition) is 1. The van der Waals surface area contributed by atoms with E-state index >= 15 is 0 Å². The lowest BCUT2D eigenvalue weighted by molar-refractivity contribution is -0.129. The monoisotopic (exact) mass is 231 g/mol. The maximum Gasteiger partial charge on any atom is 0.230 e. The molecule has 0 heterocycles. The molecule has 0 aliphatic heterocycles. The van der Waals surface area contributed by atoms with E-state index in [2.05, 4.69) is 24.4 Å². The highest BCUT2D eigenvalue weighted by Gasteiger charge is 2.45. The van der Waals surface area contributed by atoms with E-state index < -0.39 is 0 Å². The minimum Gasteiger partial charge on any atom is -0.355 e. The van der Waals surface area contributed by atoms with Crippen molar-refractivity contribution in [3.8, 4) is 0 Å². The van der Waals surface area contributed by atoms with Crippen molar-refractivity contribution in [3.63, 3.8) is 0 Å². The summed E-state index contributed by atoms with van der Waals surface area (Å²) in [6.07, 6.45) is 5.34. The highest BCUT2D eigenvalue weighted by Crippen LogP contribution is 2.43. The summed E-state index contributed by atoms with van der Waals surface area (Å²) in [5.41, 5.74) is 0.954. The Kier molecular flexibility index (Phi) is 3.82. The highest BCUT2D eigenvalue weighted by atomic mass is 16.2. The van der Waals surface area contributed by atoms with Crippen LogP contribution in [-0.2, 0) is 10.2 Å². The highest BCUT2D eigenvalue weighted by molar-refractivity contribution is 5.89. The fraction of sp³-hybridized carbons (Fsp3) is 0.533. The smallest absolute Gasteiger partial charge is 0.230 e. The van der Waals surface area contributed by atoms with Gasteiger partial charge in [-0.2, -0.15) is 0 Å². The first kappa shape index (κ1) is 12.2. The van der Waals surface area contributed by atoms with E-state index in [4.69, 9.17) is 0 Å². The summed E-state index contributed by atoms with van der Waals surface area (Å²) < 4.78 is 0. The Hall–Kier alpha value is -1.31. The molecule has 0 saturated heterocycles. The molecule has 1 aliphatic rings. The lowest BCUT2D eigenvalue weighted by Crippen LogP contribution is -2.49. The van der Waals surface area contributed by atoms with E-state index in [9.17, 15) is 4.79 Å². The number of rotatable bonds is 5. The molecule has 0 unspecified atom stereocenters. The second-order valence-electron chi connectivity index (χ2n) is 4.91. The molecule has 1 aromatic carbocycles. The first-order valence-corrected chi connectivity index (χ1v) is 6.63. The van der Waals surface area contributed by atoms with E-state index in [0.29, 0.717) is 0 Å². The van der Waals surface area contributed by atoms with Gasteiger partial charge in [-0.25, -0.2) is 0 Å². The molecule has 0 bridgehead atoms. The Balaban J connectivity index is 2.07. The van der Waals surface area contributed by atoms with Gasteiger partial charge in [-0.1, -0.05) is 50.1 Å². The third-order valence-electron chi connectivity index (χ3n) is 3.78. The fourth-order valence-electron chi connectivity index (χ4n) is 2.48. The molecule has 1 N–H and O–H groups in total. The van der Waals surface area contributed by atoms with Crippen LogP contribution < -0.4 is 5.32 Å². The van der Waals surface area contributed by atoms with Gasteiger partial charge in [0, 0.05) is 6.54 Å². The standard InChI is InChI=1S/C15H21NO/c1-2-3-12-16-14(17)15(10-7-11-15)13-8-5-4-6-9-13/h4-6,8-9H,2-3,7,10-12H2,1H3,(H,16,17). The molecule has 1 aromatic rings. The average molecular weight is 231 g/mol. The van der Waals surface area contributed by atoms with Gasteiger partial charge in [0.25, 0.3) is 0 Å². The molecule has 0 aromatic heterocycles. The van der Waals surface area contributed by atoms with Crippen LogP contribution in [-0.4, -0.2) is 12.5 Å². The van der Waals surface area contributed by atoms with Gasteiger partial charge in [0.15, 0.2) is 0 Å². The lowest BCUT2D eigenvalue weighted by Gasteiger charge is -2.40. The first-order valence-electron chi connectivity index (χ1n) is 6.63. The molecule has 1 saturated carbocycles. The van der Waals surface area contributed by atoms with E-state index in [-0.39, 0.29) is 11.3 Å². The van der Waals surface area contributed by atoms with Gasteiger partial charge in [-0.3, -0.25) is 4.79 Å². The zero-order chi connectivity index (χ0) is 12.1. The van der Waals surface area contributed by atoms with E-state index in [0.717, 1.165) is 38.6 Å². The van der Waals surface area contributed by atoms with Crippen molar-refractivity contribution >= 4 is 5.91 Å². The van der Waals surface area contributed by atoms with E-state index in [1.165, 1.54) is 5.56 Å². The van der Waals surface area contributed by atoms with Crippen molar-refractivity contribution < 1.29 is 4.79 Å². The molecular weight excluding hydrogens is 210 g/mol. The van der Waals surface area contributed by atoms with Crippen molar-refractivity contribution in [3.05, 3.63) is 35.9 Å². The molecule has 1 amide bonds. The predicted molar refractivity (Wildman–Crippen MR) is 69.9 cm³/mol. The summed E-state index contributed by atoms with van der Waals surface area (Å²) in [6, 6.07) is 10.2. The van der Waals surface area contributed by atoms with Crippen LogP contribution in [0.4, 0.5) is 0 Å². The number of unbranched alkanes of at least 4 members (excludes halogenated alkanes) is 1. The molecule has 0 atom stereocenters. The van der Waals surface area contributed by atoms with Crippen LogP contribution in [0.5, 0.6) is 0 Å². The van der Waals surface area contributed by atoms with E-state index in [1.54, 1.807) is 0 Å². The Morgan fingerprint density at radius 3 is 2.53 bits per heavy atom. The molecular formula is C15H21NO. The number of amides is 1. The van der Waals surface area contributed by atoms with Crippen molar-refractivity contribution in [1.82, 2.24) is 5.32 Å². The number of hydrogen-bond donors (Lipinski definition) is 1. The molecule has 17 heavy (non-hydrogen) atoms. The third kappa shape index (κ3) is 2.36. The van der Waals surface area contributed by atoms with Crippen molar-refractivity contribution in [2.45, 2.75) is 44.4 Å². The zero-order valence-corrected chi connectivity index (χ0v) is 10.5. The normalized spacial score (nSPS) is 17.2. The van der Waals surface area contributed by atoms with Crippen LogP contribution >= 0.6 is 0 Å². The Bertz CT molecular complexity index is 368. The zero-order valence-electron chi connectivity index (χ0n) is 10.5. The molecule has 0 spiro atoms. The average Bonchev–Trinajstić information content (AvgIpc) is 2.29. The first-order chi connectivity index (χ1) is 8.29. The quantitative estimate of drug-likeness (QED) is 0.775. The van der Waals surface area contributed by atoms with Gasteiger partial charge in [0.1, 0.15) is 0 Å². The molecule has 1 fully saturated rings. The minimum absolute atomic E-state index is 0.225. The third-order valence-corrected chi connectivity index (χ3v) is 3.78. The molecule has 2 heteroatoms. The number of benzene rings is 1. The van der Waals surface area contributed by atoms with Gasteiger partial charge in [-0.15, -0.1) is 0 Å². The van der Waals surface area contributed by atoms with Crippen LogP contribution in [0.2, 0.25) is 0 Å². The van der Waals surface area contributed by atoms with Crippen molar-refractivity contribution in [1.29, 1.82) is 0 Å². The fourth-order valence-corrected chi connectivity index (χ4v) is 2.48. The second-order valence-corrected chi connectivity index (χ2v) is 4.91. The summed E-state index contributed by atoms with van der Waals surface area (Å²) in [4.78, 5) is 12.3. The van der Waals surface area contributed by atoms with E-state index in [1.807, 2.05) is 18.2 Å². The Morgan fingerprint density at radius 1 is 1.29 bits per heavy atom. The summed E-state index contributed by atoms with van der Waals surface area (Å²) in [6.45, 7) is 2.95. The molecule has 1 aliphatic carbocycles. The Labute approximate surface area is 103 Å². The molecule has 0 radical (unpaired) electrons. The van der Waals surface area contributed by atoms with Gasteiger partial charge in [0.2, 0.25) is 5.91 Å². The van der Waals surface area contributed by atoms with Crippen molar-refractivity contribution in [2.75, 3.05) is 6.54 Å². The largest absolute Gasteiger partial charge is 0.355 e. The maximum atomic E-state index is 12.3. The number of carbonyl (C=O) groups is 1. The molecule has 92 valence electrons. The number of nitrogens with one attached hydrogen (secondary N) is 1. The van der Waals surface area contributed by atoms with Gasteiger partial charge in [0.05, 0.1) is 5.41 Å². The summed E-state index contributed by atoms with van der Waals surface area (Å²) in [7, 11) is 0. The van der Waals surface area contributed by atoms with Crippen LogP contribution in [0.3, 0.4) is 0 Å². The maximum absolute atomic E-state index is 12.3. The number of carbonyl (C=O) groups excluding carboxylic acids is 1. The summed E-state index contributed by atoms with van der Waals surface area (Å²) >= 11 is 0. The van der Waals surface area contributed by atoms with Gasteiger partial charge in [-0.05, 0) is 24.8 Å². The van der Waals surface area contributed by atoms with Gasteiger partial charge >= 0.3 is 0 Å². The topological polar surface area (TPSA) is 29.1 Å². The minimum atomic E-state index is -0.227. The Morgan fingerprint density at radius 2 is 2.00 bits per heavy atom. The SMILES string of the molecule is CCCCNC(=O)C1(c2ccccc2)CCC1. The lowest BCUT2D eigenvalue weighted by atomic mass is 9.64. The van der Waals surface area contributed by atoms with Crippen LogP contribution in [0.1, 0.15) is 44.6 Å². The van der Waals surface area contributed by atoms with Crippen molar-refractivity contribution in [2.24, 2.45) is 0 Å². The van der Waals surface area contributed by atoms with Crippen LogP contribution in [0.15, 0.2) is 30.3 Å². The molecule has 2 nitrogen and oxygen atoms in total.